The fraction of sp³-hybridized carbons (Fsp3) is 0.0625. The van der Waals surface area contributed by atoms with E-state index in [9.17, 15) is 5.11 Å². The molecule has 0 aliphatic carbocycles. The first-order chi connectivity index (χ1) is 9.63. The van der Waals surface area contributed by atoms with Crippen molar-refractivity contribution >= 4 is 33.9 Å². The van der Waals surface area contributed by atoms with E-state index >= 15 is 0 Å². The van der Waals surface area contributed by atoms with E-state index in [0.717, 1.165) is 27.3 Å². The molecular formula is C16H14ClIN2O. The maximum absolute atomic E-state index is 9.32. The van der Waals surface area contributed by atoms with Gasteiger partial charge in [0.05, 0.1) is 11.1 Å². The van der Waals surface area contributed by atoms with E-state index in [4.69, 9.17) is 11.6 Å². The van der Waals surface area contributed by atoms with Crippen molar-refractivity contribution in [2.75, 3.05) is 5.32 Å². The molecule has 0 aliphatic rings. The van der Waals surface area contributed by atoms with Crippen molar-refractivity contribution in [3.8, 4) is 5.75 Å². The van der Waals surface area contributed by atoms with Gasteiger partial charge in [0.25, 0.3) is 0 Å². The standard InChI is InChI=1S/C16H13ClN2O.HI/c1-19-9-8-15(14-7-2-11(17)10-16(14)19)18-12-3-5-13(20)6-4-12;/h2-10,20H,1H3;1H. The molecule has 0 saturated carbocycles. The molecule has 0 unspecified atom stereocenters. The van der Waals surface area contributed by atoms with Crippen LogP contribution in [0.25, 0.3) is 10.9 Å². The van der Waals surface area contributed by atoms with Crippen LogP contribution < -0.4 is 33.9 Å². The third kappa shape index (κ3) is 3.39. The second kappa shape index (κ2) is 6.49. The molecule has 0 radical (unpaired) electrons. The monoisotopic (exact) mass is 412 g/mol. The molecule has 0 atom stereocenters. The maximum atomic E-state index is 9.32. The number of anilines is 2. The number of benzene rings is 2. The van der Waals surface area contributed by atoms with Gasteiger partial charge in [-0.05, 0) is 36.4 Å². The molecule has 0 spiro atoms. The third-order valence-corrected chi connectivity index (χ3v) is 3.48. The number of aromatic nitrogens is 1. The van der Waals surface area contributed by atoms with Crippen LogP contribution in [0.5, 0.6) is 5.75 Å². The van der Waals surface area contributed by atoms with Gasteiger partial charge in [0.2, 0.25) is 5.52 Å². The summed E-state index contributed by atoms with van der Waals surface area (Å²) in [6.45, 7) is 0. The number of halogens is 2. The molecule has 108 valence electrons. The van der Waals surface area contributed by atoms with Crippen LogP contribution in [0.15, 0.2) is 54.7 Å². The van der Waals surface area contributed by atoms with Crippen molar-refractivity contribution in [1.82, 2.24) is 0 Å². The summed E-state index contributed by atoms with van der Waals surface area (Å²) < 4.78 is 2.03. The highest BCUT2D eigenvalue weighted by Crippen LogP contribution is 2.26. The number of phenols is 1. The van der Waals surface area contributed by atoms with Gasteiger partial charge in [-0.3, -0.25) is 0 Å². The molecule has 1 heterocycles. The zero-order valence-corrected chi connectivity index (χ0v) is 14.3. The van der Waals surface area contributed by atoms with Crippen LogP contribution in [0.1, 0.15) is 0 Å². The van der Waals surface area contributed by atoms with Gasteiger partial charge < -0.3 is 34.4 Å². The van der Waals surface area contributed by atoms with E-state index < -0.39 is 0 Å². The summed E-state index contributed by atoms with van der Waals surface area (Å²) in [6, 6.07) is 14.8. The molecule has 0 amide bonds. The summed E-state index contributed by atoms with van der Waals surface area (Å²) in [5.41, 5.74) is 2.98. The van der Waals surface area contributed by atoms with Crippen molar-refractivity contribution < 1.29 is 33.7 Å². The molecule has 0 bridgehead atoms. The van der Waals surface area contributed by atoms with E-state index in [1.165, 1.54) is 0 Å². The van der Waals surface area contributed by atoms with Gasteiger partial charge in [-0.1, -0.05) is 11.6 Å². The van der Waals surface area contributed by atoms with Crippen molar-refractivity contribution in [2.45, 2.75) is 0 Å². The Morgan fingerprint density at radius 2 is 1.76 bits per heavy atom. The number of aryl methyl sites for hydroxylation is 1. The van der Waals surface area contributed by atoms with Crippen molar-refractivity contribution in [3.05, 3.63) is 59.8 Å². The zero-order valence-electron chi connectivity index (χ0n) is 11.3. The summed E-state index contributed by atoms with van der Waals surface area (Å²) in [7, 11) is 1.99. The number of aromatic hydroxyl groups is 1. The Kier molecular flexibility index (Phi) is 4.90. The normalized spacial score (nSPS) is 10.2. The predicted molar refractivity (Wildman–Crippen MR) is 81.5 cm³/mol. The van der Waals surface area contributed by atoms with Gasteiger partial charge in [0, 0.05) is 22.8 Å². The SMILES string of the molecule is C[n+]1ccc(Nc2ccc(O)cc2)c2ccc(Cl)cc21.[I-]. The molecular weight excluding hydrogens is 399 g/mol. The molecule has 1 aromatic heterocycles. The number of rotatable bonds is 2. The van der Waals surface area contributed by atoms with E-state index in [1.807, 2.05) is 54.2 Å². The highest BCUT2D eigenvalue weighted by Gasteiger charge is 2.10. The molecule has 3 rings (SSSR count). The van der Waals surface area contributed by atoms with Gasteiger partial charge in [0.1, 0.15) is 12.8 Å². The van der Waals surface area contributed by atoms with Crippen LogP contribution in [-0.4, -0.2) is 5.11 Å². The average Bonchev–Trinajstić information content (AvgIpc) is 2.44. The maximum Gasteiger partial charge on any atom is 0.215 e. The molecule has 0 fully saturated rings. The Bertz CT molecular complexity index is 775. The minimum Gasteiger partial charge on any atom is -1.00 e. The number of fused-ring (bicyclic) bond motifs is 1. The number of nitrogens with zero attached hydrogens (tertiary/aromatic N) is 1. The van der Waals surface area contributed by atoms with E-state index in [-0.39, 0.29) is 29.7 Å². The van der Waals surface area contributed by atoms with Crippen LogP contribution in [0, 0.1) is 0 Å². The lowest BCUT2D eigenvalue weighted by Gasteiger charge is -2.09. The number of phenolic OH excluding ortho intramolecular Hbond substituents is 1. The molecule has 3 aromatic rings. The van der Waals surface area contributed by atoms with Crippen LogP contribution in [0.2, 0.25) is 5.02 Å². The fourth-order valence-corrected chi connectivity index (χ4v) is 2.36. The van der Waals surface area contributed by atoms with E-state index in [1.54, 1.807) is 12.1 Å². The quantitative estimate of drug-likeness (QED) is 0.371. The molecule has 0 aliphatic heterocycles. The molecule has 3 nitrogen and oxygen atoms in total. The molecule has 0 saturated heterocycles. The lowest BCUT2D eigenvalue weighted by molar-refractivity contribution is -0.644. The molecule has 5 heteroatoms. The van der Waals surface area contributed by atoms with Crippen LogP contribution in [-0.2, 0) is 7.05 Å². The van der Waals surface area contributed by atoms with Gasteiger partial charge in [-0.15, -0.1) is 0 Å². The molecule has 21 heavy (non-hydrogen) atoms. The van der Waals surface area contributed by atoms with Gasteiger partial charge >= 0.3 is 0 Å². The number of nitrogens with one attached hydrogen (secondary N) is 1. The summed E-state index contributed by atoms with van der Waals surface area (Å²) >= 11 is 6.06. The largest absolute Gasteiger partial charge is 1.00 e. The topological polar surface area (TPSA) is 36.1 Å². The Balaban J connectivity index is 0.00000161. The first kappa shape index (κ1) is 15.9. The van der Waals surface area contributed by atoms with Crippen LogP contribution >= 0.6 is 11.6 Å². The number of hydrogen-bond acceptors (Lipinski definition) is 2. The predicted octanol–water partition coefficient (Wildman–Crippen LogP) is 0.771. The lowest BCUT2D eigenvalue weighted by atomic mass is 10.1. The summed E-state index contributed by atoms with van der Waals surface area (Å²) in [5.74, 6) is 0.256. The van der Waals surface area contributed by atoms with Crippen molar-refractivity contribution in [2.24, 2.45) is 7.05 Å². The van der Waals surface area contributed by atoms with Gasteiger partial charge in [-0.25, -0.2) is 4.57 Å². The second-order valence-corrected chi connectivity index (χ2v) is 5.11. The molecule has 2 aromatic carbocycles. The minimum absolute atomic E-state index is 0. The highest BCUT2D eigenvalue weighted by atomic mass is 127. The lowest BCUT2D eigenvalue weighted by Crippen LogP contribution is -3.00. The Morgan fingerprint density at radius 3 is 2.48 bits per heavy atom. The smallest absolute Gasteiger partial charge is 0.215 e. The van der Waals surface area contributed by atoms with E-state index in [0.29, 0.717) is 0 Å². The number of pyridine rings is 1. The summed E-state index contributed by atoms with van der Waals surface area (Å²) in [5, 5.41) is 14.5. The Morgan fingerprint density at radius 1 is 1.05 bits per heavy atom. The van der Waals surface area contributed by atoms with Crippen molar-refractivity contribution in [1.29, 1.82) is 0 Å². The Labute approximate surface area is 145 Å². The third-order valence-electron chi connectivity index (χ3n) is 3.24. The second-order valence-electron chi connectivity index (χ2n) is 4.67. The first-order valence-corrected chi connectivity index (χ1v) is 6.65. The van der Waals surface area contributed by atoms with Crippen molar-refractivity contribution in [3.63, 3.8) is 0 Å². The van der Waals surface area contributed by atoms with Crippen LogP contribution in [0.4, 0.5) is 11.4 Å². The minimum atomic E-state index is 0. The Hall–Kier alpha value is -1.53. The highest BCUT2D eigenvalue weighted by molar-refractivity contribution is 6.31. The molecule has 2 N–H and O–H groups in total. The first-order valence-electron chi connectivity index (χ1n) is 6.27. The fourth-order valence-electron chi connectivity index (χ4n) is 2.19. The van der Waals surface area contributed by atoms with Gasteiger partial charge in [0.15, 0.2) is 6.20 Å². The number of hydrogen-bond donors (Lipinski definition) is 2. The summed E-state index contributed by atoms with van der Waals surface area (Å²) in [6.07, 6.45) is 1.99. The zero-order chi connectivity index (χ0) is 14.1. The van der Waals surface area contributed by atoms with Crippen LogP contribution in [0.3, 0.4) is 0 Å². The average molecular weight is 413 g/mol. The van der Waals surface area contributed by atoms with E-state index in [2.05, 4.69) is 5.32 Å². The van der Waals surface area contributed by atoms with Gasteiger partial charge in [-0.2, -0.15) is 0 Å². The summed E-state index contributed by atoms with van der Waals surface area (Å²) in [4.78, 5) is 0.